The van der Waals surface area contributed by atoms with Crippen molar-refractivity contribution in [3.8, 4) is 5.75 Å². The largest absolute Gasteiger partial charge is 0.497 e. The molecule has 0 unspecified atom stereocenters. The summed E-state index contributed by atoms with van der Waals surface area (Å²) in [7, 11) is 1.53. The van der Waals surface area contributed by atoms with Crippen molar-refractivity contribution in [3.05, 3.63) is 23.8 Å². The molecule has 1 aromatic rings. The Morgan fingerprint density at radius 3 is 2.52 bits per heavy atom. The SMILES string of the molecule is CCOC(=O)C(=O)CC(=O)CCc1cc(N)cc(OC)c1. The summed E-state index contributed by atoms with van der Waals surface area (Å²) in [6, 6.07) is 5.19. The molecule has 0 spiro atoms. The zero-order chi connectivity index (χ0) is 15.8. The van der Waals surface area contributed by atoms with Crippen LogP contribution < -0.4 is 10.5 Å². The average molecular weight is 293 g/mol. The van der Waals surface area contributed by atoms with E-state index in [1.165, 1.54) is 7.11 Å². The molecule has 0 atom stereocenters. The maximum atomic E-state index is 11.7. The first-order chi connectivity index (χ1) is 9.96. The van der Waals surface area contributed by atoms with Gasteiger partial charge in [-0.2, -0.15) is 0 Å². The Hall–Kier alpha value is -2.37. The molecule has 0 radical (unpaired) electrons. The van der Waals surface area contributed by atoms with E-state index in [9.17, 15) is 14.4 Å². The number of nitrogens with two attached hydrogens (primary N) is 1. The highest BCUT2D eigenvalue weighted by molar-refractivity contribution is 6.37. The van der Waals surface area contributed by atoms with Gasteiger partial charge in [0, 0.05) is 18.2 Å². The van der Waals surface area contributed by atoms with E-state index in [-0.39, 0.29) is 18.8 Å². The van der Waals surface area contributed by atoms with Gasteiger partial charge in [-0.1, -0.05) is 0 Å². The molecule has 0 fully saturated rings. The number of carbonyl (C=O) groups is 3. The summed E-state index contributed by atoms with van der Waals surface area (Å²) >= 11 is 0. The molecule has 0 aliphatic carbocycles. The molecule has 1 rings (SSSR count). The number of methoxy groups -OCH3 is 1. The Kier molecular flexibility index (Phi) is 6.39. The van der Waals surface area contributed by atoms with Crippen molar-refractivity contribution >= 4 is 23.2 Å². The molecule has 21 heavy (non-hydrogen) atoms. The first kappa shape index (κ1) is 16.7. The number of rotatable bonds is 8. The Labute approximate surface area is 123 Å². The van der Waals surface area contributed by atoms with Gasteiger partial charge in [0.05, 0.1) is 20.1 Å². The highest BCUT2D eigenvalue weighted by Crippen LogP contribution is 2.19. The van der Waals surface area contributed by atoms with Gasteiger partial charge in [-0.25, -0.2) is 4.79 Å². The summed E-state index contributed by atoms with van der Waals surface area (Å²) in [5.74, 6) is -1.47. The van der Waals surface area contributed by atoms with Crippen LogP contribution in [0.3, 0.4) is 0 Å². The maximum Gasteiger partial charge on any atom is 0.375 e. The lowest BCUT2D eigenvalue weighted by molar-refractivity contribution is -0.154. The van der Waals surface area contributed by atoms with Crippen molar-refractivity contribution < 1.29 is 23.9 Å². The van der Waals surface area contributed by atoms with E-state index in [1.807, 2.05) is 0 Å². The van der Waals surface area contributed by atoms with Crippen LogP contribution in [0.5, 0.6) is 5.75 Å². The number of nitrogen functional groups attached to an aromatic ring is 1. The number of anilines is 1. The molecule has 6 heteroatoms. The van der Waals surface area contributed by atoms with E-state index in [2.05, 4.69) is 4.74 Å². The molecule has 0 heterocycles. The van der Waals surface area contributed by atoms with E-state index in [0.29, 0.717) is 17.9 Å². The van der Waals surface area contributed by atoms with Gasteiger partial charge in [-0.3, -0.25) is 9.59 Å². The predicted octanol–water partition coefficient (Wildman–Crippen LogP) is 1.30. The lowest BCUT2D eigenvalue weighted by Gasteiger charge is -2.06. The van der Waals surface area contributed by atoms with Crippen LogP contribution in [0.2, 0.25) is 0 Å². The van der Waals surface area contributed by atoms with Crippen LogP contribution in [0.1, 0.15) is 25.3 Å². The summed E-state index contributed by atoms with van der Waals surface area (Å²) < 4.78 is 9.62. The van der Waals surface area contributed by atoms with E-state index in [0.717, 1.165) is 5.56 Å². The van der Waals surface area contributed by atoms with Crippen LogP contribution in [0.25, 0.3) is 0 Å². The number of hydrogen-bond acceptors (Lipinski definition) is 6. The van der Waals surface area contributed by atoms with Crippen LogP contribution in [0, 0.1) is 0 Å². The topological polar surface area (TPSA) is 95.7 Å². The van der Waals surface area contributed by atoms with Crippen molar-refractivity contribution in [2.45, 2.75) is 26.2 Å². The van der Waals surface area contributed by atoms with E-state index >= 15 is 0 Å². The molecule has 1 aromatic carbocycles. The van der Waals surface area contributed by atoms with Gasteiger partial charge in [-0.05, 0) is 31.0 Å². The normalized spacial score (nSPS) is 10.0. The zero-order valence-electron chi connectivity index (χ0n) is 12.2. The minimum Gasteiger partial charge on any atom is -0.497 e. The number of carbonyl (C=O) groups excluding carboxylic acids is 3. The van der Waals surface area contributed by atoms with Crippen molar-refractivity contribution in [1.29, 1.82) is 0 Å². The summed E-state index contributed by atoms with van der Waals surface area (Å²) in [5, 5.41) is 0. The second-order valence-electron chi connectivity index (χ2n) is 4.47. The second kappa shape index (κ2) is 8.04. The van der Waals surface area contributed by atoms with Crippen LogP contribution in [0.4, 0.5) is 5.69 Å². The number of ether oxygens (including phenoxy) is 2. The van der Waals surface area contributed by atoms with Crippen molar-refractivity contribution in [2.75, 3.05) is 19.5 Å². The molecule has 6 nitrogen and oxygen atoms in total. The molecule has 2 N–H and O–H groups in total. The molecular weight excluding hydrogens is 274 g/mol. The van der Waals surface area contributed by atoms with E-state index in [4.69, 9.17) is 10.5 Å². The monoisotopic (exact) mass is 293 g/mol. The first-order valence-electron chi connectivity index (χ1n) is 6.61. The third kappa shape index (κ3) is 5.64. The van der Waals surface area contributed by atoms with E-state index in [1.54, 1.807) is 25.1 Å². The lowest BCUT2D eigenvalue weighted by Crippen LogP contribution is -2.20. The molecule has 0 saturated heterocycles. The Bertz CT molecular complexity index is 539. The standard InChI is InChI=1S/C15H19NO5/c1-3-21-15(19)14(18)9-12(17)5-4-10-6-11(16)8-13(7-10)20-2/h6-8H,3-5,9,16H2,1-2H3. The number of aryl methyl sites for hydroxylation is 1. The van der Waals surface area contributed by atoms with Crippen molar-refractivity contribution in [3.63, 3.8) is 0 Å². The first-order valence-corrected chi connectivity index (χ1v) is 6.61. The minimum atomic E-state index is -0.962. The van der Waals surface area contributed by atoms with Crippen molar-refractivity contribution in [2.24, 2.45) is 0 Å². The summed E-state index contributed by atoms with van der Waals surface area (Å²) in [4.78, 5) is 34.2. The van der Waals surface area contributed by atoms with Crippen molar-refractivity contribution in [1.82, 2.24) is 0 Å². The molecule has 0 aliphatic heterocycles. The number of hydrogen-bond donors (Lipinski definition) is 1. The smallest absolute Gasteiger partial charge is 0.375 e. The van der Waals surface area contributed by atoms with Crippen LogP contribution in [0.15, 0.2) is 18.2 Å². The number of Topliss-reactive ketones (excluding diaryl/α,β-unsaturated/α-hetero) is 2. The third-order valence-electron chi connectivity index (χ3n) is 2.78. The fourth-order valence-corrected chi connectivity index (χ4v) is 1.78. The Morgan fingerprint density at radius 2 is 1.90 bits per heavy atom. The van der Waals surface area contributed by atoms with Gasteiger partial charge < -0.3 is 15.2 Å². The summed E-state index contributed by atoms with van der Waals surface area (Å²) in [6.07, 6.45) is 0.145. The van der Waals surface area contributed by atoms with Gasteiger partial charge in [-0.15, -0.1) is 0 Å². The summed E-state index contributed by atoms with van der Waals surface area (Å²) in [6.45, 7) is 1.71. The van der Waals surface area contributed by atoms with Gasteiger partial charge in [0.1, 0.15) is 11.5 Å². The fourth-order valence-electron chi connectivity index (χ4n) is 1.78. The molecule has 0 bridgehead atoms. The van der Waals surface area contributed by atoms with Crippen LogP contribution in [-0.2, 0) is 25.5 Å². The highest BCUT2D eigenvalue weighted by Gasteiger charge is 2.18. The quantitative estimate of drug-likeness (QED) is 0.336. The zero-order valence-corrected chi connectivity index (χ0v) is 12.2. The summed E-state index contributed by atoms with van der Waals surface area (Å²) in [5.41, 5.74) is 7.09. The van der Waals surface area contributed by atoms with E-state index < -0.39 is 18.2 Å². The van der Waals surface area contributed by atoms with Gasteiger partial charge in [0.25, 0.3) is 0 Å². The van der Waals surface area contributed by atoms with Crippen LogP contribution >= 0.6 is 0 Å². The predicted molar refractivity (Wildman–Crippen MR) is 77.0 cm³/mol. The fraction of sp³-hybridized carbons (Fsp3) is 0.400. The van der Waals surface area contributed by atoms with Gasteiger partial charge in [0.15, 0.2) is 0 Å². The number of esters is 1. The van der Waals surface area contributed by atoms with Gasteiger partial charge >= 0.3 is 5.97 Å². The minimum absolute atomic E-state index is 0.113. The maximum absolute atomic E-state index is 11.7. The van der Waals surface area contributed by atoms with Gasteiger partial charge in [0.2, 0.25) is 5.78 Å². The molecule has 114 valence electrons. The molecular formula is C15H19NO5. The van der Waals surface area contributed by atoms with Crippen LogP contribution in [-0.4, -0.2) is 31.3 Å². The number of benzene rings is 1. The Morgan fingerprint density at radius 1 is 1.19 bits per heavy atom. The molecule has 0 aliphatic rings. The lowest BCUT2D eigenvalue weighted by atomic mass is 10.0. The third-order valence-corrected chi connectivity index (χ3v) is 2.78. The Balaban J connectivity index is 2.51. The molecule has 0 aromatic heterocycles. The second-order valence-corrected chi connectivity index (χ2v) is 4.47. The highest BCUT2D eigenvalue weighted by atomic mass is 16.5. The average Bonchev–Trinajstić information content (AvgIpc) is 2.44. The molecule has 0 saturated carbocycles. The number of ketones is 2. The molecule has 0 amide bonds.